The molecule has 12 heteroatoms. The van der Waals surface area contributed by atoms with Gasteiger partial charge in [0.1, 0.15) is 46.0 Å². The molecule has 0 N–H and O–H groups in total. The molecule has 0 atom stereocenters. The highest BCUT2D eigenvalue weighted by Crippen LogP contribution is 2.60. The number of rotatable bonds is 2. The number of thiophene rings is 2. The SMILES string of the molecule is O=C1C(=O)c2c(F)cc(F)cc2/C1=C/c1cc2c(s1)-c1cc3c(cc1C1(CCCCC1)O2)-c1sc(/C=C2\C(=O)C(=O)c4c(F)cc(F)cc42)cc1OC31CCCCC1. The number of carbonyl (C=O) groups is 4. The minimum Gasteiger partial charge on any atom is -0.481 e. The van der Waals surface area contributed by atoms with Gasteiger partial charge >= 0.3 is 0 Å². The molecule has 2 spiro atoms. The number of hydrogen-bond acceptors (Lipinski definition) is 8. The smallest absolute Gasteiger partial charge is 0.237 e. The first-order valence-corrected chi connectivity index (χ1v) is 21.0. The molecule has 290 valence electrons. The van der Waals surface area contributed by atoms with Crippen LogP contribution in [0.3, 0.4) is 0 Å². The Morgan fingerprint density at radius 3 is 1.28 bits per heavy atom. The van der Waals surface area contributed by atoms with Crippen molar-refractivity contribution in [1.82, 2.24) is 0 Å². The van der Waals surface area contributed by atoms with Crippen LogP contribution >= 0.6 is 22.7 Å². The fourth-order valence-electron chi connectivity index (χ4n) is 10.0. The summed E-state index contributed by atoms with van der Waals surface area (Å²) in [4.78, 5) is 54.8. The molecule has 0 saturated heterocycles. The minimum absolute atomic E-state index is 0.0661. The molecule has 2 fully saturated rings. The van der Waals surface area contributed by atoms with Gasteiger partial charge < -0.3 is 9.47 Å². The predicted molar refractivity (Wildman–Crippen MR) is 211 cm³/mol. The quantitative estimate of drug-likeness (QED) is 0.100. The van der Waals surface area contributed by atoms with Crippen molar-refractivity contribution in [3.8, 4) is 32.4 Å². The van der Waals surface area contributed by atoms with Gasteiger partial charge in [-0.05, 0) is 99.9 Å². The van der Waals surface area contributed by atoms with Gasteiger partial charge in [0.05, 0.1) is 20.9 Å². The average molecular weight is 819 g/mol. The number of ether oxygens (including phenoxy) is 2. The van der Waals surface area contributed by atoms with E-state index in [0.29, 0.717) is 33.4 Å². The fourth-order valence-corrected chi connectivity index (χ4v) is 12.1. The van der Waals surface area contributed by atoms with Crippen molar-refractivity contribution in [1.29, 1.82) is 0 Å². The van der Waals surface area contributed by atoms with Crippen LogP contribution in [0.5, 0.6) is 11.5 Å². The molecule has 4 heterocycles. The van der Waals surface area contributed by atoms with Crippen LogP contribution in [0.1, 0.15) is 117 Å². The summed E-state index contributed by atoms with van der Waals surface area (Å²) in [6.45, 7) is 0. The van der Waals surface area contributed by atoms with E-state index in [2.05, 4.69) is 12.1 Å². The number of Topliss-reactive ketones (excluding diaryl/α,β-unsaturated/α-hetero) is 4. The van der Waals surface area contributed by atoms with Crippen molar-refractivity contribution in [2.24, 2.45) is 0 Å². The van der Waals surface area contributed by atoms with Gasteiger partial charge in [0.25, 0.3) is 0 Å². The molecule has 4 aliphatic carbocycles. The van der Waals surface area contributed by atoms with Gasteiger partial charge in [-0.2, -0.15) is 0 Å². The van der Waals surface area contributed by atoms with Gasteiger partial charge in [-0.15, -0.1) is 22.7 Å². The number of hydrogen-bond donors (Lipinski definition) is 0. The monoisotopic (exact) mass is 818 g/mol. The van der Waals surface area contributed by atoms with Crippen LogP contribution in [0.25, 0.3) is 44.2 Å². The van der Waals surface area contributed by atoms with Crippen LogP contribution in [-0.4, -0.2) is 23.1 Å². The Hall–Kier alpha value is -5.46. The first kappa shape index (κ1) is 35.7. The van der Waals surface area contributed by atoms with Gasteiger partial charge in [0.15, 0.2) is 0 Å². The lowest BCUT2D eigenvalue weighted by molar-refractivity contribution is -0.110. The van der Waals surface area contributed by atoms with Crippen molar-refractivity contribution in [2.45, 2.75) is 75.4 Å². The van der Waals surface area contributed by atoms with Crippen LogP contribution < -0.4 is 9.47 Å². The van der Waals surface area contributed by atoms with Crippen LogP contribution in [0, 0.1) is 23.3 Å². The van der Waals surface area contributed by atoms with E-state index in [0.717, 1.165) is 108 Å². The van der Waals surface area contributed by atoms with Crippen LogP contribution in [0.4, 0.5) is 17.6 Å². The van der Waals surface area contributed by atoms with Crippen LogP contribution in [0.2, 0.25) is 0 Å². The second kappa shape index (κ2) is 12.5. The van der Waals surface area contributed by atoms with E-state index >= 15 is 0 Å². The predicted octanol–water partition coefficient (Wildman–Crippen LogP) is 11.4. The third kappa shape index (κ3) is 5.06. The van der Waals surface area contributed by atoms with Crippen molar-refractivity contribution in [2.75, 3.05) is 0 Å². The minimum atomic E-state index is -1.07. The zero-order chi connectivity index (χ0) is 39.8. The van der Waals surface area contributed by atoms with Gasteiger partial charge in [-0.3, -0.25) is 19.2 Å². The molecule has 6 aliphatic rings. The third-order valence-electron chi connectivity index (χ3n) is 12.6. The number of fused-ring (bicyclic) bond motifs is 10. The Labute approximate surface area is 336 Å². The van der Waals surface area contributed by atoms with E-state index in [9.17, 15) is 36.7 Å². The van der Waals surface area contributed by atoms with E-state index in [-0.39, 0.29) is 22.3 Å². The maximum absolute atomic E-state index is 14.7. The van der Waals surface area contributed by atoms with Gasteiger partial charge in [0, 0.05) is 66.4 Å². The molecule has 11 rings (SSSR count). The summed E-state index contributed by atoms with van der Waals surface area (Å²) >= 11 is 2.75. The first-order valence-electron chi connectivity index (χ1n) is 19.4. The third-order valence-corrected chi connectivity index (χ3v) is 14.8. The summed E-state index contributed by atoms with van der Waals surface area (Å²) in [6.07, 6.45) is 12.0. The molecule has 3 aromatic carbocycles. The lowest BCUT2D eigenvalue weighted by atomic mass is 9.71. The molecule has 0 unspecified atom stereocenters. The Bertz CT molecular complexity index is 2640. The zero-order valence-electron chi connectivity index (χ0n) is 30.6. The van der Waals surface area contributed by atoms with E-state index in [4.69, 9.17) is 9.47 Å². The van der Waals surface area contributed by atoms with Crippen LogP contribution in [0.15, 0.2) is 48.5 Å². The van der Waals surface area contributed by atoms with E-state index in [1.54, 1.807) is 0 Å². The Balaban J connectivity index is 1.08. The molecule has 2 aromatic heterocycles. The second-order valence-corrected chi connectivity index (χ2v) is 18.2. The van der Waals surface area contributed by atoms with E-state index < -0.39 is 68.7 Å². The summed E-state index contributed by atoms with van der Waals surface area (Å²) in [5.74, 6) is -6.43. The lowest BCUT2D eigenvalue weighted by Gasteiger charge is -2.45. The molecule has 0 bridgehead atoms. The molecule has 5 aromatic rings. The first-order chi connectivity index (χ1) is 27.9. The number of halogens is 4. The maximum Gasteiger partial charge on any atom is 0.237 e. The van der Waals surface area contributed by atoms with Gasteiger partial charge in [-0.1, -0.05) is 12.8 Å². The standard InChI is InChI=1S/C46H30F4O6S2/c47-21-11-25-27(39(51)41(53)37(25)33(49)13-21)15-23-17-35-43(57-23)29-20-32-30(19-31(29)45(55-35)7-3-1-4-8-45)44-36(56-46(32)9-5-2-6-10-46)18-24(58-44)16-28-26-12-22(48)14-34(50)38(26)42(54)40(28)52/h11-20H,1-10H2/b27-15-,28-16-. The van der Waals surface area contributed by atoms with Crippen molar-refractivity contribution < 1.29 is 46.2 Å². The summed E-state index contributed by atoms with van der Waals surface area (Å²) in [6, 6.07) is 11.4. The number of carbonyl (C=O) groups excluding carboxylic acids is 4. The molecule has 6 nitrogen and oxygen atoms in total. The zero-order valence-corrected chi connectivity index (χ0v) is 32.3. The van der Waals surface area contributed by atoms with E-state index in [1.165, 1.54) is 34.8 Å². The Kier molecular flexibility index (Phi) is 7.70. The topological polar surface area (TPSA) is 86.7 Å². The summed E-state index contributed by atoms with van der Waals surface area (Å²) in [5.41, 5.74) is 1.57. The van der Waals surface area contributed by atoms with E-state index in [1.807, 2.05) is 12.1 Å². The normalized spacial score (nSPS) is 20.8. The molecule has 2 aliphatic heterocycles. The molecule has 58 heavy (non-hydrogen) atoms. The molecule has 0 radical (unpaired) electrons. The number of allylic oxidation sites excluding steroid dienone is 2. The fraction of sp³-hybridized carbons (Fsp3) is 0.261. The van der Waals surface area contributed by atoms with Gasteiger partial charge in [0.2, 0.25) is 23.1 Å². The molecular formula is C46H30F4O6S2. The number of benzene rings is 3. The summed E-state index contributed by atoms with van der Waals surface area (Å²) in [7, 11) is 0. The second-order valence-electron chi connectivity index (χ2n) is 16.0. The summed E-state index contributed by atoms with van der Waals surface area (Å²) < 4.78 is 72.1. The molecule has 0 amide bonds. The summed E-state index contributed by atoms with van der Waals surface area (Å²) in [5, 5.41) is 0. The van der Waals surface area contributed by atoms with Crippen molar-refractivity contribution in [3.63, 3.8) is 0 Å². The highest BCUT2D eigenvalue weighted by molar-refractivity contribution is 7.17. The maximum atomic E-state index is 14.7. The largest absolute Gasteiger partial charge is 0.481 e. The number of ketones is 4. The molecular weight excluding hydrogens is 789 g/mol. The van der Waals surface area contributed by atoms with Gasteiger partial charge in [-0.25, -0.2) is 17.6 Å². The average Bonchev–Trinajstić information content (AvgIpc) is 3.92. The molecule has 2 saturated carbocycles. The van der Waals surface area contributed by atoms with Crippen molar-refractivity contribution in [3.05, 3.63) is 115 Å². The van der Waals surface area contributed by atoms with Crippen molar-refractivity contribution >= 4 is 69.1 Å². The highest BCUT2D eigenvalue weighted by atomic mass is 32.1. The lowest BCUT2D eigenvalue weighted by Crippen LogP contribution is -2.40. The Morgan fingerprint density at radius 2 is 0.879 bits per heavy atom. The Morgan fingerprint density at radius 1 is 0.483 bits per heavy atom. The van der Waals surface area contributed by atoms with Crippen LogP contribution in [-0.2, 0) is 20.8 Å². The highest BCUT2D eigenvalue weighted by Gasteiger charge is 2.48.